The van der Waals surface area contributed by atoms with Crippen molar-refractivity contribution in [1.29, 1.82) is 0 Å². The Morgan fingerprint density at radius 1 is 1.05 bits per heavy atom. The maximum Gasteiger partial charge on any atom is 0.215 e. The van der Waals surface area contributed by atoms with E-state index < -0.39 is 0 Å². The van der Waals surface area contributed by atoms with Gasteiger partial charge in [-0.05, 0) is 35.0 Å². The van der Waals surface area contributed by atoms with Gasteiger partial charge in [-0.1, -0.05) is 12.1 Å². The molecule has 4 rings (SSSR count). The zero-order valence-corrected chi connectivity index (χ0v) is 13.7. The molecule has 0 bridgehead atoms. The summed E-state index contributed by atoms with van der Waals surface area (Å²) in [6, 6.07) is 11.6. The highest BCUT2D eigenvalue weighted by Gasteiger charge is 2.19. The first-order valence-electron chi connectivity index (χ1n) is 6.55. The van der Waals surface area contributed by atoms with Crippen molar-refractivity contribution in [1.82, 2.24) is 4.98 Å². The minimum absolute atomic E-state index is 0.0202. The fourth-order valence-corrected chi connectivity index (χ4v) is 4.72. The normalized spacial score (nSPS) is 11.1. The van der Waals surface area contributed by atoms with Crippen molar-refractivity contribution in [2.75, 3.05) is 5.73 Å². The van der Waals surface area contributed by atoms with Crippen LogP contribution in [0.25, 0.3) is 20.8 Å². The van der Waals surface area contributed by atoms with Crippen LogP contribution in [0.2, 0.25) is 0 Å². The third kappa shape index (κ3) is 2.16. The molecule has 0 saturated heterocycles. The average molecular weight is 342 g/mol. The Hall–Kier alpha value is -2.02. The summed E-state index contributed by atoms with van der Waals surface area (Å²) in [7, 11) is 0. The van der Waals surface area contributed by atoms with Crippen LogP contribution in [0.3, 0.4) is 0 Å². The number of rotatable bonds is 3. The monoisotopic (exact) mass is 342 g/mol. The number of fused-ring (bicyclic) bond motifs is 1. The molecule has 0 unspecified atom stereocenters. The molecule has 4 heterocycles. The van der Waals surface area contributed by atoms with Gasteiger partial charge < -0.3 is 5.73 Å². The number of pyridine rings is 1. The molecule has 0 aliphatic rings. The van der Waals surface area contributed by atoms with Crippen LogP contribution in [0.1, 0.15) is 14.5 Å². The van der Waals surface area contributed by atoms with Crippen molar-refractivity contribution in [2.45, 2.75) is 0 Å². The molecule has 0 aliphatic carbocycles. The van der Waals surface area contributed by atoms with Crippen molar-refractivity contribution in [3.05, 3.63) is 56.9 Å². The molecule has 0 fully saturated rings. The topological polar surface area (TPSA) is 56.0 Å². The molecule has 0 atom stereocenters. The molecule has 0 aliphatic heterocycles. The van der Waals surface area contributed by atoms with Crippen LogP contribution in [0.15, 0.2) is 47.2 Å². The van der Waals surface area contributed by atoms with Crippen molar-refractivity contribution < 1.29 is 4.79 Å². The number of hydrogen-bond acceptors (Lipinski definition) is 6. The van der Waals surface area contributed by atoms with Gasteiger partial charge >= 0.3 is 0 Å². The smallest absolute Gasteiger partial charge is 0.215 e. The van der Waals surface area contributed by atoms with Crippen molar-refractivity contribution in [3.63, 3.8) is 0 Å². The molecule has 0 amide bonds. The number of ketones is 1. The Morgan fingerprint density at radius 2 is 1.86 bits per heavy atom. The van der Waals surface area contributed by atoms with Gasteiger partial charge in [-0.25, -0.2) is 4.98 Å². The standard InChI is InChI=1S/C16H10N2OS3/c17-13-9-5-6-10(11-3-1-7-20-11)18-16(9)22-15(13)14(19)12-4-2-8-21-12/h1-8H,17H2. The van der Waals surface area contributed by atoms with Crippen LogP contribution in [0, 0.1) is 0 Å². The number of thiophene rings is 3. The van der Waals surface area contributed by atoms with Gasteiger partial charge in [0, 0.05) is 5.39 Å². The Balaban J connectivity index is 1.84. The highest BCUT2D eigenvalue weighted by atomic mass is 32.1. The van der Waals surface area contributed by atoms with Crippen molar-refractivity contribution in [3.8, 4) is 10.6 Å². The summed E-state index contributed by atoms with van der Waals surface area (Å²) < 4.78 is 0. The summed E-state index contributed by atoms with van der Waals surface area (Å²) in [5, 5.41) is 4.77. The van der Waals surface area contributed by atoms with Crippen LogP contribution >= 0.6 is 34.0 Å². The van der Waals surface area contributed by atoms with E-state index in [0.29, 0.717) is 15.4 Å². The van der Waals surface area contributed by atoms with E-state index in [2.05, 4.69) is 4.98 Å². The second-order valence-corrected chi connectivity index (χ2v) is 7.57. The number of aromatic nitrogens is 1. The molecule has 22 heavy (non-hydrogen) atoms. The lowest BCUT2D eigenvalue weighted by molar-refractivity contribution is 0.104. The van der Waals surface area contributed by atoms with E-state index in [1.807, 2.05) is 47.2 Å². The summed E-state index contributed by atoms with van der Waals surface area (Å²) in [5.74, 6) is -0.0202. The third-order valence-electron chi connectivity index (χ3n) is 3.32. The van der Waals surface area contributed by atoms with E-state index in [-0.39, 0.29) is 5.78 Å². The van der Waals surface area contributed by atoms with Crippen LogP contribution in [0.4, 0.5) is 5.69 Å². The Labute approximate surface area is 138 Å². The maximum atomic E-state index is 12.5. The van der Waals surface area contributed by atoms with Gasteiger partial charge in [0.05, 0.1) is 21.1 Å². The lowest BCUT2D eigenvalue weighted by Gasteiger charge is -1.97. The second kappa shape index (κ2) is 5.31. The predicted octanol–water partition coefficient (Wildman–Crippen LogP) is 4.90. The summed E-state index contributed by atoms with van der Waals surface area (Å²) in [4.78, 5) is 20.4. The van der Waals surface area contributed by atoms with Gasteiger partial charge in [-0.2, -0.15) is 0 Å². The van der Waals surface area contributed by atoms with Gasteiger partial charge in [0.15, 0.2) is 0 Å². The van der Waals surface area contributed by atoms with Crippen molar-refractivity contribution in [2.24, 2.45) is 0 Å². The zero-order valence-electron chi connectivity index (χ0n) is 11.3. The first-order valence-corrected chi connectivity index (χ1v) is 9.13. The minimum Gasteiger partial charge on any atom is -0.397 e. The van der Waals surface area contributed by atoms with Gasteiger partial charge in [0.1, 0.15) is 9.71 Å². The summed E-state index contributed by atoms with van der Waals surface area (Å²) >= 11 is 4.44. The quantitative estimate of drug-likeness (QED) is 0.539. The van der Waals surface area contributed by atoms with E-state index >= 15 is 0 Å². The molecule has 4 aromatic rings. The van der Waals surface area contributed by atoms with Crippen LogP contribution in [0.5, 0.6) is 0 Å². The largest absolute Gasteiger partial charge is 0.397 e. The fraction of sp³-hybridized carbons (Fsp3) is 0. The van der Waals surface area contributed by atoms with Crippen molar-refractivity contribution >= 4 is 55.7 Å². The molecule has 0 spiro atoms. The minimum atomic E-state index is -0.0202. The van der Waals surface area contributed by atoms with E-state index in [1.165, 1.54) is 22.7 Å². The molecule has 2 N–H and O–H groups in total. The number of nitrogen functional groups attached to an aromatic ring is 1. The molecule has 0 radical (unpaired) electrons. The van der Waals surface area contributed by atoms with Gasteiger partial charge in [-0.15, -0.1) is 34.0 Å². The van der Waals surface area contributed by atoms with E-state index in [0.717, 1.165) is 20.8 Å². The molecular formula is C16H10N2OS3. The van der Waals surface area contributed by atoms with Crippen LogP contribution < -0.4 is 5.73 Å². The molecule has 4 aromatic heterocycles. The first-order chi connectivity index (χ1) is 10.7. The van der Waals surface area contributed by atoms with E-state index in [9.17, 15) is 4.79 Å². The number of nitrogens with zero attached hydrogens (tertiary/aromatic N) is 1. The second-order valence-electron chi connectivity index (χ2n) is 4.68. The molecule has 0 aromatic carbocycles. The fourth-order valence-electron chi connectivity index (χ4n) is 2.25. The average Bonchev–Trinajstić information content (AvgIpc) is 3.28. The molecule has 6 heteroatoms. The number of anilines is 1. The third-order valence-corrected chi connectivity index (χ3v) is 6.19. The lowest BCUT2D eigenvalue weighted by atomic mass is 10.2. The summed E-state index contributed by atoms with van der Waals surface area (Å²) in [6.45, 7) is 0. The molecular weight excluding hydrogens is 332 g/mol. The lowest BCUT2D eigenvalue weighted by Crippen LogP contribution is -1.99. The summed E-state index contributed by atoms with van der Waals surface area (Å²) in [5.41, 5.74) is 7.62. The first kappa shape index (κ1) is 13.6. The number of hydrogen-bond donors (Lipinski definition) is 1. The SMILES string of the molecule is Nc1c(C(=O)c2cccs2)sc2nc(-c3cccs3)ccc12. The van der Waals surface area contributed by atoms with E-state index in [1.54, 1.807) is 11.3 Å². The zero-order chi connectivity index (χ0) is 15.1. The number of carbonyl (C=O) groups excluding carboxylic acids is 1. The highest BCUT2D eigenvalue weighted by molar-refractivity contribution is 7.22. The molecule has 3 nitrogen and oxygen atoms in total. The Morgan fingerprint density at radius 3 is 2.59 bits per heavy atom. The van der Waals surface area contributed by atoms with Gasteiger partial charge in [-0.3, -0.25) is 4.79 Å². The van der Waals surface area contributed by atoms with Crippen LogP contribution in [-0.2, 0) is 0 Å². The molecule has 0 saturated carbocycles. The predicted molar refractivity (Wildman–Crippen MR) is 95.1 cm³/mol. The molecule has 108 valence electrons. The maximum absolute atomic E-state index is 12.5. The van der Waals surface area contributed by atoms with E-state index in [4.69, 9.17) is 5.73 Å². The Kier molecular flexibility index (Phi) is 3.29. The van der Waals surface area contributed by atoms with Gasteiger partial charge in [0.25, 0.3) is 0 Å². The number of carbonyl (C=O) groups is 1. The summed E-state index contributed by atoms with van der Waals surface area (Å²) in [6.07, 6.45) is 0. The van der Waals surface area contributed by atoms with Crippen LogP contribution in [-0.4, -0.2) is 10.8 Å². The highest BCUT2D eigenvalue weighted by Crippen LogP contribution is 2.36. The van der Waals surface area contributed by atoms with Gasteiger partial charge in [0.2, 0.25) is 5.78 Å². The number of nitrogens with two attached hydrogens (primary N) is 1. The Bertz CT molecular complexity index is 953.